The lowest BCUT2D eigenvalue weighted by Gasteiger charge is -2.17. The summed E-state index contributed by atoms with van der Waals surface area (Å²) in [6, 6.07) is 6.48. The maximum absolute atomic E-state index is 6.25. The van der Waals surface area contributed by atoms with Crippen molar-refractivity contribution >= 4 is 11.8 Å². The minimum atomic E-state index is 0.274. The molecule has 1 aliphatic heterocycles. The first-order valence-corrected chi connectivity index (χ1v) is 10.0. The molecule has 0 atom stereocenters. The first-order chi connectivity index (χ1) is 13.2. The summed E-state index contributed by atoms with van der Waals surface area (Å²) < 4.78 is 6.25. The van der Waals surface area contributed by atoms with Gasteiger partial charge in [0.15, 0.2) is 0 Å². The van der Waals surface area contributed by atoms with Crippen LogP contribution in [0.25, 0.3) is 11.1 Å². The predicted molar refractivity (Wildman–Crippen MR) is 109 cm³/mol. The average molecular weight is 367 g/mol. The Morgan fingerprint density at radius 3 is 2.81 bits per heavy atom. The van der Waals surface area contributed by atoms with E-state index in [9.17, 15) is 0 Å². The third-order valence-corrected chi connectivity index (χ3v) is 5.46. The van der Waals surface area contributed by atoms with E-state index >= 15 is 0 Å². The maximum Gasteiger partial charge on any atom is 0.221 e. The molecule has 1 aromatic carbocycles. The summed E-state index contributed by atoms with van der Waals surface area (Å²) in [4.78, 5) is 11.0. The number of hydrogen-bond donors (Lipinski definition) is 2. The molecule has 2 fully saturated rings. The summed E-state index contributed by atoms with van der Waals surface area (Å²) in [7, 11) is 1.85. The fraction of sp³-hybridized carbons (Fsp3) is 0.524. The van der Waals surface area contributed by atoms with Crippen LogP contribution in [0, 0.1) is 0 Å². The van der Waals surface area contributed by atoms with Crippen LogP contribution in [0.1, 0.15) is 43.6 Å². The van der Waals surface area contributed by atoms with Crippen molar-refractivity contribution in [3.63, 3.8) is 0 Å². The Kier molecular flexibility index (Phi) is 5.43. The first kappa shape index (κ1) is 18.0. The van der Waals surface area contributed by atoms with Gasteiger partial charge in [-0.15, -0.1) is 0 Å². The number of likely N-dealkylation sites (tertiary alicyclic amines) is 1. The Bertz CT molecular complexity index is 784. The fourth-order valence-electron chi connectivity index (χ4n) is 3.83. The van der Waals surface area contributed by atoms with Gasteiger partial charge in [-0.25, -0.2) is 4.98 Å². The number of ether oxygens (including phenoxy) is 1. The molecule has 4 rings (SSSR count). The van der Waals surface area contributed by atoms with Crippen LogP contribution < -0.4 is 15.8 Å². The fourth-order valence-corrected chi connectivity index (χ4v) is 3.83. The molecule has 6 nitrogen and oxygen atoms in total. The second kappa shape index (κ2) is 8.13. The molecule has 0 unspecified atom stereocenters. The Morgan fingerprint density at radius 1 is 1.26 bits per heavy atom. The monoisotopic (exact) mass is 367 g/mol. The van der Waals surface area contributed by atoms with E-state index in [2.05, 4.69) is 38.4 Å². The minimum Gasteiger partial charge on any atom is -0.493 e. The van der Waals surface area contributed by atoms with E-state index in [4.69, 9.17) is 10.5 Å². The number of aromatic nitrogens is 2. The molecule has 0 bridgehead atoms. The van der Waals surface area contributed by atoms with Gasteiger partial charge in [-0.2, -0.15) is 4.98 Å². The molecule has 27 heavy (non-hydrogen) atoms. The number of nitrogens with two attached hydrogens (primary N) is 1. The number of anilines is 2. The third kappa shape index (κ3) is 4.33. The second-order valence-electron chi connectivity index (χ2n) is 7.52. The molecule has 144 valence electrons. The summed E-state index contributed by atoms with van der Waals surface area (Å²) in [6.07, 6.45) is 8.05. The Morgan fingerprint density at radius 2 is 2.07 bits per heavy atom. The summed E-state index contributed by atoms with van der Waals surface area (Å²) in [5, 5.41) is 3.11. The van der Waals surface area contributed by atoms with E-state index in [-0.39, 0.29) is 5.95 Å². The highest BCUT2D eigenvalue weighted by molar-refractivity contribution is 5.76. The predicted octanol–water partition coefficient (Wildman–Crippen LogP) is 3.51. The Labute approximate surface area is 161 Å². The van der Waals surface area contributed by atoms with E-state index in [1.807, 2.05) is 7.05 Å². The average Bonchev–Trinajstić information content (AvgIpc) is 3.40. The van der Waals surface area contributed by atoms with E-state index in [0.717, 1.165) is 42.3 Å². The zero-order valence-corrected chi connectivity index (χ0v) is 16.1. The van der Waals surface area contributed by atoms with Crippen molar-refractivity contribution in [1.82, 2.24) is 14.9 Å². The third-order valence-electron chi connectivity index (χ3n) is 5.46. The summed E-state index contributed by atoms with van der Waals surface area (Å²) in [5.74, 6) is 2.67. The highest BCUT2D eigenvalue weighted by atomic mass is 16.5. The van der Waals surface area contributed by atoms with Gasteiger partial charge in [-0.05, 0) is 68.3 Å². The number of nitrogens with one attached hydrogen (secondary N) is 1. The van der Waals surface area contributed by atoms with Crippen LogP contribution >= 0.6 is 0 Å². The Hall–Kier alpha value is -2.34. The lowest BCUT2D eigenvalue weighted by atomic mass is 10.0. The normalized spacial score (nSPS) is 17.2. The summed E-state index contributed by atoms with van der Waals surface area (Å²) in [6.45, 7) is 4.38. The van der Waals surface area contributed by atoms with Gasteiger partial charge in [0.2, 0.25) is 5.95 Å². The quantitative estimate of drug-likeness (QED) is 0.696. The number of nitrogen functional groups attached to an aromatic ring is 1. The topological polar surface area (TPSA) is 76.3 Å². The largest absolute Gasteiger partial charge is 0.493 e. The van der Waals surface area contributed by atoms with Crippen molar-refractivity contribution in [2.45, 2.75) is 38.0 Å². The van der Waals surface area contributed by atoms with E-state index in [1.54, 1.807) is 6.20 Å². The highest BCUT2D eigenvalue weighted by Crippen LogP contribution is 2.45. The van der Waals surface area contributed by atoms with Gasteiger partial charge < -0.3 is 20.7 Å². The standard InChI is InChI=1S/C21H29N5O/c1-23-20-18(14-24-21(22)25-20)16-7-8-17(15-5-6-15)19(13-16)27-12-4-11-26-9-2-3-10-26/h7-8,13-15H,2-6,9-12H2,1H3,(H3,22,23,24,25). The lowest BCUT2D eigenvalue weighted by molar-refractivity contribution is 0.262. The first-order valence-electron chi connectivity index (χ1n) is 10.0. The minimum absolute atomic E-state index is 0.274. The summed E-state index contributed by atoms with van der Waals surface area (Å²) in [5.41, 5.74) is 9.06. The number of benzene rings is 1. The van der Waals surface area contributed by atoms with Crippen LogP contribution in [0.15, 0.2) is 24.4 Å². The molecule has 1 aliphatic carbocycles. The number of nitrogens with zero attached hydrogens (tertiary/aromatic N) is 3. The maximum atomic E-state index is 6.25. The van der Waals surface area contributed by atoms with Crippen LogP contribution in [-0.2, 0) is 0 Å². The molecular formula is C21H29N5O. The van der Waals surface area contributed by atoms with Crippen LogP contribution in [0.5, 0.6) is 5.75 Å². The van der Waals surface area contributed by atoms with Gasteiger partial charge in [0.25, 0.3) is 0 Å². The molecule has 6 heteroatoms. The smallest absolute Gasteiger partial charge is 0.221 e. The van der Waals surface area contributed by atoms with Gasteiger partial charge in [0.1, 0.15) is 11.6 Å². The van der Waals surface area contributed by atoms with Crippen LogP contribution in [-0.4, -0.2) is 48.2 Å². The SMILES string of the molecule is CNc1nc(N)ncc1-c1ccc(C2CC2)c(OCCCN2CCCC2)c1. The van der Waals surface area contributed by atoms with E-state index in [0.29, 0.717) is 5.92 Å². The molecule has 2 aliphatic rings. The molecule has 1 aromatic heterocycles. The van der Waals surface area contributed by atoms with Crippen LogP contribution in [0.2, 0.25) is 0 Å². The van der Waals surface area contributed by atoms with E-state index < -0.39 is 0 Å². The molecule has 0 amide bonds. The van der Waals surface area contributed by atoms with Crippen molar-refractivity contribution in [3.05, 3.63) is 30.0 Å². The summed E-state index contributed by atoms with van der Waals surface area (Å²) >= 11 is 0. The molecule has 2 heterocycles. The zero-order chi connectivity index (χ0) is 18.6. The molecular weight excluding hydrogens is 338 g/mol. The molecule has 2 aromatic rings. The molecule has 3 N–H and O–H groups in total. The van der Waals surface area contributed by atoms with Gasteiger partial charge in [0.05, 0.1) is 6.61 Å². The van der Waals surface area contributed by atoms with E-state index in [1.165, 1.54) is 44.3 Å². The van der Waals surface area contributed by atoms with Crippen LogP contribution in [0.4, 0.5) is 11.8 Å². The van der Waals surface area contributed by atoms with Crippen LogP contribution in [0.3, 0.4) is 0 Å². The van der Waals surface area contributed by atoms with Gasteiger partial charge in [-0.3, -0.25) is 0 Å². The van der Waals surface area contributed by atoms with Crippen molar-refractivity contribution in [2.24, 2.45) is 0 Å². The van der Waals surface area contributed by atoms with Crippen molar-refractivity contribution in [1.29, 1.82) is 0 Å². The second-order valence-corrected chi connectivity index (χ2v) is 7.52. The van der Waals surface area contributed by atoms with Gasteiger partial charge in [0, 0.05) is 25.4 Å². The number of rotatable bonds is 8. The van der Waals surface area contributed by atoms with Crippen molar-refractivity contribution in [3.8, 4) is 16.9 Å². The molecule has 0 spiro atoms. The number of hydrogen-bond acceptors (Lipinski definition) is 6. The Balaban J connectivity index is 1.50. The molecule has 1 saturated carbocycles. The highest BCUT2D eigenvalue weighted by Gasteiger charge is 2.27. The van der Waals surface area contributed by atoms with Crippen molar-refractivity contribution < 1.29 is 4.74 Å². The lowest BCUT2D eigenvalue weighted by Crippen LogP contribution is -2.22. The van der Waals surface area contributed by atoms with Gasteiger partial charge >= 0.3 is 0 Å². The molecule has 1 saturated heterocycles. The van der Waals surface area contributed by atoms with Gasteiger partial charge in [-0.1, -0.05) is 12.1 Å². The molecule has 0 radical (unpaired) electrons. The van der Waals surface area contributed by atoms with Crippen molar-refractivity contribution in [2.75, 3.05) is 44.3 Å². The zero-order valence-electron chi connectivity index (χ0n) is 16.1.